The van der Waals surface area contributed by atoms with Crippen LogP contribution in [0.1, 0.15) is 27.7 Å². The molecule has 3 rings (SSSR count). The number of rotatable bonds is 5. The molecule has 1 saturated heterocycles. The average Bonchev–Trinajstić information content (AvgIpc) is 3.06. The lowest BCUT2D eigenvalue weighted by Crippen LogP contribution is -2.41. The van der Waals surface area contributed by atoms with Crippen molar-refractivity contribution in [3.05, 3.63) is 34.3 Å². The van der Waals surface area contributed by atoms with Crippen LogP contribution in [0.15, 0.2) is 28.8 Å². The molecule has 1 aliphatic heterocycles. The Balaban J connectivity index is 1.66. The number of non-ortho nitro benzene ring substituents is 1. The Morgan fingerprint density at radius 2 is 1.84 bits per heavy atom. The summed E-state index contributed by atoms with van der Waals surface area (Å²) in [5.74, 6) is 1.83. The minimum atomic E-state index is -0.519. The van der Waals surface area contributed by atoms with E-state index in [1.807, 2.05) is 39.7 Å². The molecule has 0 bridgehead atoms. The van der Waals surface area contributed by atoms with Gasteiger partial charge in [0.05, 0.1) is 21.8 Å². The van der Waals surface area contributed by atoms with Crippen LogP contribution in [0.5, 0.6) is 0 Å². The van der Waals surface area contributed by atoms with Crippen molar-refractivity contribution in [2.75, 3.05) is 11.9 Å². The second-order valence-corrected chi connectivity index (χ2v) is 6.78. The highest BCUT2D eigenvalue weighted by Crippen LogP contribution is 2.36. The molecule has 0 radical (unpaired) electrons. The van der Waals surface area contributed by atoms with Crippen molar-refractivity contribution in [3.8, 4) is 0 Å². The molecule has 1 aliphatic rings. The summed E-state index contributed by atoms with van der Waals surface area (Å²) in [4.78, 5) is 10.5. The van der Waals surface area contributed by atoms with Gasteiger partial charge in [-0.25, -0.2) is 4.63 Å². The third-order valence-corrected chi connectivity index (χ3v) is 4.57. The number of nitrogens with zero attached hydrogens (tertiary/aromatic N) is 3. The molecule has 0 spiro atoms. The van der Waals surface area contributed by atoms with Crippen LogP contribution in [0.3, 0.4) is 0 Å². The lowest BCUT2D eigenvalue weighted by molar-refractivity contribution is -0.383. The Labute approximate surface area is 144 Å². The van der Waals surface area contributed by atoms with E-state index in [-0.39, 0.29) is 22.4 Å². The van der Waals surface area contributed by atoms with Crippen LogP contribution in [-0.2, 0) is 9.31 Å². The molecule has 0 aliphatic carbocycles. The fraction of sp³-hybridized carbons (Fsp3) is 0.467. The van der Waals surface area contributed by atoms with E-state index in [2.05, 4.69) is 20.3 Å². The van der Waals surface area contributed by atoms with E-state index in [1.165, 1.54) is 6.07 Å². The molecule has 0 amide bonds. The van der Waals surface area contributed by atoms with Crippen LogP contribution in [0.4, 0.5) is 11.4 Å². The van der Waals surface area contributed by atoms with Crippen molar-refractivity contribution in [2.45, 2.75) is 38.9 Å². The summed E-state index contributed by atoms with van der Waals surface area (Å²) in [6.07, 6.45) is 1.86. The maximum absolute atomic E-state index is 11.0. The van der Waals surface area contributed by atoms with Gasteiger partial charge < -0.3 is 14.6 Å². The summed E-state index contributed by atoms with van der Waals surface area (Å²) in [6.45, 7) is 8.42. The molecule has 2 aromatic rings. The van der Waals surface area contributed by atoms with Crippen molar-refractivity contribution in [1.29, 1.82) is 0 Å². The predicted molar refractivity (Wildman–Crippen MR) is 92.2 cm³/mol. The van der Waals surface area contributed by atoms with Crippen molar-refractivity contribution < 1.29 is 18.9 Å². The number of anilines is 1. The summed E-state index contributed by atoms with van der Waals surface area (Å²) in [5, 5.41) is 21.4. The average molecular weight is 346 g/mol. The third kappa shape index (κ3) is 3.22. The highest BCUT2D eigenvalue weighted by atomic mass is 16.7. The van der Waals surface area contributed by atoms with Crippen molar-refractivity contribution >= 4 is 29.5 Å². The van der Waals surface area contributed by atoms with Gasteiger partial charge in [-0.05, 0) is 44.1 Å². The molecular formula is C15H19BN4O5. The number of nitrogens with one attached hydrogen (secondary N) is 1. The summed E-state index contributed by atoms with van der Waals surface area (Å²) >= 11 is 0. The summed E-state index contributed by atoms with van der Waals surface area (Å²) in [6, 6.07) is 2.94. The largest absolute Gasteiger partial charge is 0.486 e. The molecule has 0 atom stereocenters. The van der Waals surface area contributed by atoms with E-state index < -0.39 is 12.0 Å². The first-order valence-electron chi connectivity index (χ1n) is 7.87. The highest BCUT2D eigenvalue weighted by molar-refractivity contribution is 6.51. The Kier molecular flexibility index (Phi) is 4.25. The zero-order chi connectivity index (χ0) is 18.2. The second-order valence-electron chi connectivity index (χ2n) is 6.78. The number of nitro benzene ring substituents is 1. The Bertz CT molecular complexity index is 816. The van der Waals surface area contributed by atoms with E-state index in [0.29, 0.717) is 17.7 Å². The number of aromatic nitrogens is 2. The van der Waals surface area contributed by atoms with E-state index in [1.54, 1.807) is 6.07 Å². The first-order valence-corrected chi connectivity index (χ1v) is 7.87. The topological polar surface area (TPSA) is 113 Å². The van der Waals surface area contributed by atoms with Gasteiger partial charge in [-0.1, -0.05) is 12.1 Å². The molecule has 10 heteroatoms. The van der Waals surface area contributed by atoms with Crippen LogP contribution in [0.2, 0.25) is 0 Å². The molecule has 0 saturated carbocycles. The van der Waals surface area contributed by atoms with Crippen LogP contribution < -0.4 is 5.32 Å². The van der Waals surface area contributed by atoms with Gasteiger partial charge in [0, 0.05) is 12.6 Å². The van der Waals surface area contributed by atoms with Crippen molar-refractivity contribution in [2.24, 2.45) is 0 Å². The SMILES string of the molecule is CC1(C)OB(/C=C/CNc2ccc([N+](=O)[O-])c3nonc23)OC1(C)C. The fourth-order valence-electron chi connectivity index (χ4n) is 2.46. The summed E-state index contributed by atoms with van der Waals surface area (Å²) in [5.41, 5.74) is 0.122. The lowest BCUT2D eigenvalue weighted by Gasteiger charge is -2.32. The van der Waals surface area contributed by atoms with Gasteiger partial charge in [0.2, 0.25) is 5.52 Å². The molecule has 1 aromatic carbocycles. The van der Waals surface area contributed by atoms with Gasteiger partial charge >= 0.3 is 12.8 Å². The minimum Gasteiger partial charge on any atom is -0.400 e. The van der Waals surface area contributed by atoms with Crippen LogP contribution in [0, 0.1) is 10.1 Å². The number of hydrogen-bond donors (Lipinski definition) is 1. The minimum absolute atomic E-state index is 0.116. The van der Waals surface area contributed by atoms with Gasteiger partial charge in [0.15, 0.2) is 5.52 Å². The molecular weight excluding hydrogens is 327 g/mol. The quantitative estimate of drug-likeness (QED) is 0.499. The number of hydrogen-bond acceptors (Lipinski definition) is 8. The maximum Gasteiger partial charge on any atom is 0.486 e. The summed E-state index contributed by atoms with van der Waals surface area (Å²) < 4.78 is 16.4. The Hall–Kier alpha value is -2.46. The second kappa shape index (κ2) is 6.12. The van der Waals surface area contributed by atoms with Gasteiger partial charge in [-0.15, -0.1) is 0 Å². The van der Waals surface area contributed by atoms with Crippen LogP contribution in [0.25, 0.3) is 11.0 Å². The van der Waals surface area contributed by atoms with Crippen LogP contribution >= 0.6 is 0 Å². The molecule has 132 valence electrons. The standard InChI is InChI=1S/C15H19BN4O5/c1-14(2)15(3,4)24-16(23-14)8-5-9-17-10-6-7-11(20(21)22)13-12(10)18-25-19-13/h5-8,17H,9H2,1-4H3/b8-5+. The zero-order valence-electron chi connectivity index (χ0n) is 14.5. The van der Waals surface area contributed by atoms with E-state index in [9.17, 15) is 10.1 Å². The number of fused-ring (bicyclic) bond motifs is 1. The zero-order valence-corrected chi connectivity index (χ0v) is 14.5. The lowest BCUT2D eigenvalue weighted by atomic mass is 9.90. The monoisotopic (exact) mass is 346 g/mol. The van der Waals surface area contributed by atoms with Gasteiger partial charge in [-0.3, -0.25) is 10.1 Å². The van der Waals surface area contributed by atoms with Crippen molar-refractivity contribution in [1.82, 2.24) is 10.3 Å². The third-order valence-electron chi connectivity index (χ3n) is 4.57. The summed E-state index contributed by atoms with van der Waals surface area (Å²) in [7, 11) is -0.419. The Morgan fingerprint density at radius 3 is 2.48 bits per heavy atom. The molecule has 1 fully saturated rings. The molecule has 2 heterocycles. The van der Waals surface area contributed by atoms with Gasteiger partial charge in [-0.2, -0.15) is 0 Å². The van der Waals surface area contributed by atoms with Crippen molar-refractivity contribution in [3.63, 3.8) is 0 Å². The fourth-order valence-corrected chi connectivity index (χ4v) is 2.46. The predicted octanol–water partition coefficient (Wildman–Crippen LogP) is 2.73. The first-order chi connectivity index (χ1) is 11.7. The first kappa shape index (κ1) is 17.4. The van der Waals surface area contributed by atoms with Gasteiger partial charge in [0.25, 0.3) is 0 Å². The molecule has 25 heavy (non-hydrogen) atoms. The van der Waals surface area contributed by atoms with E-state index in [0.717, 1.165) is 0 Å². The van der Waals surface area contributed by atoms with E-state index in [4.69, 9.17) is 9.31 Å². The smallest absolute Gasteiger partial charge is 0.400 e. The molecule has 0 unspecified atom stereocenters. The Morgan fingerprint density at radius 1 is 1.20 bits per heavy atom. The number of nitro groups is 1. The number of benzene rings is 1. The van der Waals surface area contributed by atoms with Gasteiger partial charge in [0.1, 0.15) is 0 Å². The molecule has 1 N–H and O–H groups in total. The van der Waals surface area contributed by atoms with E-state index >= 15 is 0 Å². The highest BCUT2D eigenvalue weighted by Gasteiger charge is 2.49. The van der Waals surface area contributed by atoms with Crippen LogP contribution in [-0.4, -0.2) is 40.1 Å². The molecule has 9 nitrogen and oxygen atoms in total. The maximum atomic E-state index is 11.0. The molecule has 1 aromatic heterocycles. The normalized spacial score (nSPS) is 19.0.